The minimum atomic E-state index is -1.19. The van der Waals surface area contributed by atoms with Gasteiger partial charge in [-0.1, -0.05) is 68.7 Å². The van der Waals surface area contributed by atoms with Crippen molar-refractivity contribution >= 4 is 17.8 Å². The molecule has 2 amide bonds. The van der Waals surface area contributed by atoms with Crippen LogP contribution in [0.3, 0.4) is 0 Å². The molecule has 42 heavy (non-hydrogen) atoms. The van der Waals surface area contributed by atoms with E-state index in [-0.39, 0.29) is 37.0 Å². The molecule has 4 aliphatic rings. The Labute approximate surface area is 249 Å². The summed E-state index contributed by atoms with van der Waals surface area (Å²) in [5.41, 5.74) is -1.19. The third kappa shape index (κ3) is 5.00. The van der Waals surface area contributed by atoms with Crippen molar-refractivity contribution < 1.29 is 29.0 Å². The summed E-state index contributed by atoms with van der Waals surface area (Å²) < 4.78 is 12.5. The third-order valence-electron chi connectivity index (χ3n) is 10.3. The summed E-state index contributed by atoms with van der Waals surface area (Å²) in [7, 11) is 0. The SMILES string of the molecule is C=CCCOC(=O)[C@H]1[C@H]2C(=O)N([C@@H](CO)Cc3ccccc3)C(C(=O)N(CC=C)C3CCCCC3)C23CC(C)[C@]1(C)O3. The maximum absolute atomic E-state index is 14.9. The first-order valence-corrected chi connectivity index (χ1v) is 15.6. The van der Waals surface area contributed by atoms with E-state index in [2.05, 4.69) is 13.2 Å². The first-order chi connectivity index (χ1) is 20.2. The van der Waals surface area contributed by atoms with Gasteiger partial charge in [-0.15, -0.1) is 13.2 Å². The van der Waals surface area contributed by atoms with Crippen molar-refractivity contribution in [1.82, 2.24) is 9.80 Å². The molecule has 1 aromatic rings. The van der Waals surface area contributed by atoms with Gasteiger partial charge in [-0.25, -0.2) is 0 Å². The van der Waals surface area contributed by atoms with E-state index in [0.717, 1.165) is 37.7 Å². The van der Waals surface area contributed by atoms with Crippen molar-refractivity contribution in [2.75, 3.05) is 19.8 Å². The molecular weight excluding hydrogens is 532 g/mol. The second kappa shape index (κ2) is 12.3. The van der Waals surface area contributed by atoms with Crippen molar-refractivity contribution in [3.8, 4) is 0 Å². The first kappa shape index (κ1) is 30.5. The summed E-state index contributed by atoms with van der Waals surface area (Å²) in [5, 5.41) is 10.7. The molecule has 1 saturated carbocycles. The highest BCUT2D eigenvalue weighted by atomic mass is 16.6. The van der Waals surface area contributed by atoms with Gasteiger partial charge in [-0.2, -0.15) is 0 Å². The van der Waals surface area contributed by atoms with Crippen molar-refractivity contribution in [2.24, 2.45) is 17.8 Å². The van der Waals surface area contributed by atoms with Crippen molar-refractivity contribution in [1.29, 1.82) is 0 Å². The molecule has 1 aliphatic carbocycles. The van der Waals surface area contributed by atoms with Gasteiger partial charge < -0.3 is 24.4 Å². The molecule has 2 bridgehead atoms. The van der Waals surface area contributed by atoms with E-state index in [9.17, 15) is 19.5 Å². The van der Waals surface area contributed by atoms with Crippen molar-refractivity contribution in [3.05, 3.63) is 61.2 Å². The third-order valence-corrected chi connectivity index (χ3v) is 10.3. The van der Waals surface area contributed by atoms with E-state index in [1.165, 1.54) is 0 Å². The number of rotatable bonds is 12. The van der Waals surface area contributed by atoms with Crippen LogP contribution in [0, 0.1) is 17.8 Å². The average molecular weight is 579 g/mol. The van der Waals surface area contributed by atoms with Gasteiger partial charge in [0.25, 0.3) is 0 Å². The van der Waals surface area contributed by atoms with E-state index >= 15 is 0 Å². The smallest absolute Gasteiger partial charge is 0.312 e. The standard InChI is InChI=1S/C34H46N2O6/c1-5-7-19-41-32(40)28-27-30(38)36(26(22-37)20-24-14-10-8-11-15-24)29(34(27)21-23(3)33(28,4)42-34)31(39)35(18-6-2)25-16-12-9-13-17-25/h5-6,8,10-11,14-15,23,25-29,37H,1-2,7,9,12-13,16-22H2,3-4H3/t23?,26-,27+,28-,29?,33+,34?/m1/s1. The molecule has 8 heteroatoms. The quantitative estimate of drug-likeness (QED) is 0.228. The number of benzene rings is 1. The molecule has 0 aromatic heterocycles. The maximum atomic E-state index is 14.9. The molecule has 0 radical (unpaired) electrons. The topological polar surface area (TPSA) is 96.4 Å². The Balaban J connectivity index is 1.59. The van der Waals surface area contributed by atoms with Crippen LogP contribution in [0.4, 0.5) is 0 Å². The van der Waals surface area contributed by atoms with Gasteiger partial charge in [0.05, 0.1) is 30.8 Å². The number of fused-ring (bicyclic) bond motifs is 1. The van der Waals surface area contributed by atoms with Crippen LogP contribution in [0.5, 0.6) is 0 Å². The van der Waals surface area contributed by atoms with Gasteiger partial charge in [0.1, 0.15) is 17.6 Å². The number of carbonyl (C=O) groups excluding carboxylic acids is 3. The normalized spacial score (nSPS) is 32.8. The van der Waals surface area contributed by atoms with Crippen molar-refractivity contribution in [2.45, 2.75) is 94.5 Å². The molecule has 1 aromatic carbocycles. The lowest BCUT2D eigenvalue weighted by atomic mass is 9.62. The van der Waals surface area contributed by atoms with Crippen LogP contribution < -0.4 is 0 Å². The summed E-state index contributed by atoms with van der Waals surface area (Å²) in [4.78, 5) is 46.7. The number of hydrogen-bond acceptors (Lipinski definition) is 6. The van der Waals surface area contributed by atoms with Crippen LogP contribution in [0.15, 0.2) is 55.6 Å². The molecule has 4 fully saturated rings. The Morgan fingerprint density at radius 1 is 1.19 bits per heavy atom. The fourth-order valence-electron chi connectivity index (χ4n) is 8.29. The van der Waals surface area contributed by atoms with Gasteiger partial charge in [0, 0.05) is 12.6 Å². The summed E-state index contributed by atoms with van der Waals surface area (Å²) in [5.74, 6) is -2.77. The number of aliphatic hydroxyl groups is 1. The number of likely N-dealkylation sites (tertiary alicyclic amines) is 1. The first-order valence-electron chi connectivity index (χ1n) is 15.6. The predicted molar refractivity (Wildman–Crippen MR) is 159 cm³/mol. The van der Waals surface area contributed by atoms with E-state index < -0.39 is 41.1 Å². The lowest BCUT2D eigenvalue weighted by molar-refractivity contribution is -0.164. The molecule has 5 rings (SSSR count). The molecule has 1 N–H and O–H groups in total. The zero-order valence-electron chi connectivity index (χ0n) is 25.1. The van der Waals surface area contributed by atoms with Crippen LogP contribution in [0.1, 0.15) is 64.4 Å². The molecule has 3 heterocycles. The fourth-order valence-corrected chi connectivity index (χ4v) is 8.29. The number of amides is 2. The largest absolute Gasteiger partial charge is 0.465 e. The van der Waals surface area contributed by atoms with Gasteiger partial charge in [0.15, 0.2) is 0 Å². The highest BCUT2D eigenvalue weighted by molar-refractivity contribution is 5.99. The number of carbonyl (C=O) groups is 3. The Morgan fingerprint density at radius 2 is 1.90 bits per heavy atom. The Bertz CT molecular complexity index is 1180. The summed E-state index contributed by atoms with van der Waals surface area (Å²) in [6.07, 6.45) is 9.81. The highest BCUT2D eigenvalue weighted by Crippen LogP contribution is 2.65. The van der Waals surface area contributed by atoms with Crippen LogP contribution in [-0.4, -0.2) is 81.8 Å². The molecular formula is C34H46N2O6. The molecule has 228 valence electrons. The van der Waals surface area contributed by atoms with Gasteiger partial charge in [-0.3, -0.25) is 14.4 Å². The Hall–Kier alpha value is -2.97. The van der Waals surface area contributed by atoms with Crippen LogP contribution in [-0.2, 0) is 30.3 Å². The Morgan fingerprint density at radius 3 is 2.55 bits per heavy atom. The maximum Gasteiger partial charge on any atom is 0.312 e. The number of ether oxygens (including phenoxy) is 2. The lowest BCUT2D eigenvalue weighted by Gasteiger charge is -2.42. The molecule has 3 unspecified atom stereocenters. The lowest BCUT2D eigenvalue weighted by Crippen LogP contribution is -2.60. The monoisotopic (exact) mass is 578 g/mol. The number of hydrogen-bond donors (Lipinski definition) is 1. The highest BCUT2D eigenvalue weighted by Gasteiger charge is 2.80. The van der Waals surface area contributed by atoms with Crippen LogP contribution in [0.2, 0.25) is 0 Å². The number of nitrogens with zero attached hydrogens (tertiary/aromatic N) is 2. The second-order valence-corrected chi connectivity index (χ2v) is 12.8. The van der Waals surface area contributed by atoms with E-state index in [4.69, 9.17) is 9.47 Å². The van der Waals surface area contributed by atoms with Gasteiger partial charge >= 0.3 is 5.97 Å². The van der Waals surface area contributed by atoms with E-state index in [1.807, 2.05) is 49.1 Å². The minimum Gasteiger partial charge on any atom is -0.465 e. The summed E-state index contributed by atoms with van der Waals surface area (Å²) >= 11 is 0. The molecule has 8 nitrogen and oxygen atoms in total. The molecule has 7 atom stereocenters. The average Bonchev–Trinajstić information content (AvgIpc) is 3.51. The number of esters is 1. The summed E-state index contributed by atoms with van der Waals surface area (Å²) in [6, 6.07) is 8.09. The number of aliphatic hydroxyl groups excluding tert-OH is 1. The van der Waals surface area contributed by atoms with Gasteiger partial charge in [0.2, 0.25) is 11.8 Å². The van der Waals surface area contributed by atoms with E-state index in [0.29, 0.717) is 25.8 Å². The van der Waals surface area contributed by atoms with Crippen LogP contribution in [0.25, 0.3) is 0 Å². The van der Waals surface area contributed by atoms with Crippen LogP contribution >= 0.6 is 0 Å². The van der Waals surface area contributed by atoms with Gasteiger partial charge in [-0.05, 0) is 50.5 Å². The molecule has 3 aliphatic heterocycles. The van der Waals surface area contributed by atoms with Crippen molar-refractivity contribution in [3.63, 3.8) is 0 Å². The zero-order valence-corrected chi connectivity index (χ0v) is 25.1. The molecule has 1 spiro atoms. The second-order valence-electron chi connectivity index (χ2n) is 12.8. The zero-order chi connectivity index (χ0) is 30.1. The Kier molecular flexibility index (Phi) is 8.95. The minimum absolute atomic E-state index is 0.0460. The molecule has 3 saturated heterocycles. The van der Waals surface area contributed by atoms with E-state index in [1.54, 1.807) is 17.1 Å². The summed E-state index contributed by atoms with van der Waals surface area (Å²) in [6.45, 7) is 11.8. The predicted octanol–water partition coefficient (Wildman–Crippen LogP) is 4.07. The fraction of sp³-hybridized carbons (Fsp3) is 0.618.